The second-order valence-electron chi connectivity index (χ2n) is 4.35. The summed E-state index contributed by atoms with van der Waals surface area (Å²) in [4.78, 5) is 0. The first-order valence-electron chi connectivity index (χ1n) is 5.63. The summed E-state index contributed by atoms with van der Waals surface area (Å²) < 4.78 is 1.20. The number of rotatable bonds is 3. The molecule has 17 heavy (non-hydrogen) atoms. The zero-order chi connectivity index (χ0) is 12.4. The zero-order valence-corrected chi connectivity index (χ0v) is 12.7. The fourth-order valence-electron chi connectivity index (χ4n) is 1.88. The van der Waals surface area contributed by atoms with Crippen LogP contribution in [0.25, 0.3) is 0 Å². The molecule has 0 aliphatic rings. The fourth-order valence-corrected chi connectivity index (χ4v) is 2.87. The second-order valence-corrected chi connectivity index (χ2v) is 5.92. The number of anilines is 1. The minimum Gasteiger partial charge on any atom is -0.378 e. The number of halogens is 1. The van der Waals surface area contributed by atoms with Crippen LogP contribution < -0.4 is 5.32 Å². The summed E-state index contributed by atoms with van der Waals surface area (Å²) in [5.74, 6) is 0. The molecule has 0 fully saturated rings. The van der Waals surface area contributed by atoms with E-state index in [9.17, 15) is 0 Å². The van der Waals surface area contributed by atoms with Crippen molar-refractivity contribution >= 4 is 33.0 Å². The van der Waals surface area contributed by atoms with Crippen molar-refractivity contribution in [1.29, 1.82) is 0 Å². The SMILES string of the molecule is Cc1cc(NC(C)c2ccsc2)cc(C)c1Br. The van der Waals surface area contributed by atoms with E-state index in [0.29, 0.717) is 6.04 Å². The van der Waals surface area contributed by atoms with E-state index < -0.39 is 0 Å². The summed E-state index contributed by atoms with van der Waals surface area (Å²) in [5.41, 5.74) is 5.06. The van der Waals surface area contributed by atoms with Crippen molar-refractivity contribution in [1.82, 2.24) is 0 Å². The Morgan fingerprint density at radius 2 is 1.88 bits per heavy atom. The molecule has 0 aliphatic carbocycles. The van der Waals surface area contributed by atoms with Crippen molar-refractivity contribution in [3.8, 4) is 0 Å². The maximum atomic E-state index is 3.59. The molecule has 1 N–H and O–H groups in total. The van der Waals surface area contributed by atoms with Gasteiger partial charge in [-0.2, -0.15) is 11.3 Å². The molecule has 3 heteroatoms. The molecule has 0 aliphatic heterocycles. The van der Waals surface area contributed by atoms with Gasteiger partial charge >= 0.3 is 0 Å². The van der Waals surface area contributed by atoms with Crippen LogP contribution in [0.3, 0.4) is 0 Å². The Morgan fingerprint density at radius 3 is 2.41 bits per heavy atom. The van der Waals surface area contributed by atoms with Crippen molar-refractivity contribution in [3.05, 3.63) is 50.1 Å². The van der Waals surface area contributed by atoms with Gasteiger partial charge in [0.2, 0.25) is 0 Å². The first kappa shape index (κ1) is 12.7. The van der Waals surface area contributed by atoms with Crippen LogP contribution in [0.4, 0.5) is 5.69 Å². The lowest BCUT2D eigenvalue weighted by Crippen LogP contribution is -2.06. The van der Waals surface area contributed by atoms with Gasteiger partial charge in [0, 0.05) is 16.2 Å². The van der Waals surface area contributed by atoms with Gasteiger partial charge < -0.3 is 5.32 Å². The molecule has 0 bridgehead atoms. The van der Waals surface area contributed by atoms with Gasteiger partial charge in [-0.05, 0) is 66.4 Å². The standard InChI is InChI=1S/C14H16BrNS/c1-9-6-13(7-10(2)14(9)15)16-11(3)12-4-5-17-8-12/h4-8,11,16H,1-3H3. The molecule has 1 aromatic carbocycles. The fraction of sp³-hybridized carbons (Fsp3) is 0.286. The van der Waals surface area contributed by atoms with Crippen molar-refractivity contribution in [2.45, 2.75) is 26.8 Å². The Hall–Kier alpha value is -0.800. The second kappa shape index (κ2) is 5.23. The van der Waals surface area contributed by atoms with Crippen molar-refractivity contribution in [2.24, 2.45) is 0 Å². The van der Waals surface area contributed by atoms with E-state index in [1.54, 1.807) is 11.3 Å². The summed E-state index contributed by atoms with van der Waals surface area (Å²) in [6, 6.07) is 6.88. The Balaban J connectivity index is 2.19. The number of aryl methyl sites for hydroxylation is 2. The molecule has 1 nitrogen and oxygen atoms in total. The quantitative estimate of drug-likeness (QED) is 0.811. The maximum absolute atomic E-state index is 3.59. The number of nitrogens with one attached hydrogen (secondary N) is 1. The molecular formula is C14H16BrNS. The molecule has 1 aromatic heterocycles. The van der Waals surface area contributed by atoms with Gasteiger partial charge in [0.15, 0.2) is 0 Å². The van der Waals surface area contributed by atoms with Crippen LogP contribution in [-0.2, 0) is 0 Å². The average molecular weight is 310 g/mol. The molecule has 0 radical (unpaired) electrons. The van der Waals surface area contributed by atoms with Crippen LogP contribution in [-0.4, -0.2) is 0 Å². The first-order valence-corrected chi connectivity index (χ1v) is 7.37. The minimum absolute atomic E-state index is 0.348. The van der Waals surface area contributed by atoms with E-state index in [1.807, 2.05) is 0 Å². The number of hydrogen-bond acceptors (Lipinski definition) is 2. The average Bonchev–Trinajstić information content (AvgIpc) is 2.79. The van der Waals surface area contributed by atoms with Crippen LogP contribution >= 0.6 is 27.3 Å². The lowest BCUT2D eigenvalue weighted by molar-refractivity contribution is 0.889. The van der Waals surface area contributed by atoms with Gasteiger partial charge in [-0.25, -0.2) is 0 Å². The molecule has 0 spiro atoms. The third-order valence-electron chi connectivity index (χ3n) is 2.86. The van der Waals surface area contributed by atoms with Crippen LogP contribution in [0.15, 0.2) is 33.4 Å². The van der Waals surface area contributed by atoms with E-state index in [4.69, 9.17) is 0 Å². The summed E-state index contributed by atoms with van der Waals surface area (Å²) >= 11 is 5.33. The summed E-state index contributed by atoms with van der Waals surface area (Å²) in [6.45, 7) is 6.43. The first-order chi connectivity index (χ1) is 8.08. The number of thiophene rings is 1. The van der Waals surface area contributed by atoms with Crippen LogP contribution in [0.1, 0.15) is 29.7 Å². The minimum atomic E-state index is 0.348. The van der Waals surface area contributed by atoms with Gasteiger partial charge in [-0.1, -0.05) is 15.9 Å². The molecule has 0 saturated heterocycles. The van der Waals surface area contributed by atoms with Crippen LogP contribution in [0, 0.1) is 13.8 Å². The van der Waals surface area contributed by atoms with E-state index in [1.165, 1.54) is 26.9 Å². The topological polar surface area (TPSA) is 12.0 Å². The Morgan fingerprint density at radius 1 is 1.24 bits per heavy atom. The molecule has 2 aromatic rings. The van der Waals surface area contributed by atoms with Gasteiger partial charge in [0.1, 0.15) is 0 Å². The van der Waals surface area contributed by atoms with E-state index in [0.717, 1.165) is 0 Å². The van der Waals surface area contributed by atoms with E-state index >= 15 is 0 Å². The molecule has 2 rings (SSSR count). The predicted octanol–water partition coefficient (Wildman–Crippen LogP) is 5.30. The zero-order valence-electron chi connectivity index (χ0n) is 10.3. The Labute approximate surface area is 115 Å². The summed E-state index contributed by atoms with van der Waals surface area (Å²) in [6.07, 6.45) is 0. The van der Waals surface area contributed by atoms with E-state index in [-0.39, 0.29) is 0 Å². The Bertz CT molecular complexity index is 482. The summed E-state index contributed by atoms with van der Waals surface area (Å²) in [7, 11) is 0. The van der Waals surface area contributed by atoms with Crippen LogP contribution in [0.2, 0.25) is 0 Å². The smallest absolute Gasteiger partial charge is 0.0493 e. The van der Waals surface area contributed by atoms with Crippen molar-refractivity contribution in [2.75, 3.05) is 5.32 Å². The highest BCUT2D eigenvalue weighted by molar-refractivity contribution is 9.10. The monoisotopic (exact) mass is 309 g/mol. The van der Waals surface area contributed by atoms with Gasteiger partial charge in [0.25, 0.3) is 0 Å². The molecule has 0 saturated carbocycles. The molecule has 1 atom stereocenters. The normalized spacial score (nSPS) is 12.5. The highest BCUT2D eigenvalue weighted by Gasteiger charge is 2.07. The molecule has 1 heterocycles. The number of benzene rings is 1. The van der Waals surface area contributed by atoms with E-state index in [2.05, 4.69) is 71.0 Å². The van der Waals surface area contributed by atoms with Crippen LogP contribution in [0.5, 0.6) is 0 Å². The molecule has 0 amide bonds. The van der Waals surface area contributed by atoms with Crippen molar-refractivity contribution < 1.29 is 0 Å². The number of hydrogen-bond donors (Lipinski definition) is 1. The van der Waals surface area contributed by atoms with Gasteiger partial charge in [-0.3, -0.25) is 0 Å². The molecule has 1 unspecified atom stereocenters. The lowest BCUT2D eigenvalue weighted by atomic mass is 10.1. The van der Waals surface area contributed by atoms with Gasteiger partial charge in [-0.15, -0.1) is 0 Å². The highest BCUT2D eigenvalue weighted by Crippen LogP contribution is 2.27. The largest absolute Gasteiger partial charge is 0.378 e. The third-order valence-corrected chi connectivity index (χ3v) is 4.82. The maximum Gasteiger partial charge on any atom is 0.0493 e. The highest BCUT2D eigenvalue weighted by atomic mass is 79.9. The van der Waals surface area contributed by atoms with Crippen molar-refractivity contribution in [3.63, 3.8) is 0 Å². The predicted molar refractivity (Wildman–Crippen MR) is 80.0 cm³/mol. The summed E-state index contributed by atoms with van der Waals surface area (Å²) in [5, 5.41) is 7.85. The molecular weight excluding hydrogens is 294 g/mol. The Kier molecular flexibility index (Phi) is 3.89. The third kappa shape index (κ3) is 2.90. The van der Waals surface area contributed by atoms with Gasteiger partial charge in [0.05, 0.1) is 0 Å². The lowest BCUT2D eigenvalue weighted by Gasteiger charge is -2.16. The molecule has 90 valence electrons.